The first kappa shape index (κ1) is 6.85. The average molecular weight is 107 g/mol. The molecule has 2 nitrogen and oxygen atoms in total. The first-order valence-corrected chi connectivity index (χ1v) is 2.16. The number of halogens is 1. The van der Waals surface area contributed by atoms with Gasteiger partial charge in [-0.2, -0.15) is 0 Å². The van der Waals surface area contributed by atoms with Crippen molar-refractivity contribution in [3.63, 3.8) is 0 Å². The Hall–Kier alpha value is -0.150. The molecular formula is C4H10FNO. The van der Waals surface area contributed by atoms with Gasteiger partial charge in [0.2, 0.25) is 0 Å². The van der Waals surface area contributed by atoms with Crippen molar-refractivity contribution >= 4 is 0 Å². The van der Waals surface area contributed by atoms with Gasteiger partial charge in [-0.05, 0) is 7.05 Å². The zero-order chi connectivity index (χ0) is 5.70. The van der Waals surface area contributed by atoms with Crippen LogP contribution in [-0.4, -0.2) is 37.0 Å². The van der Waals surface area contributed by atoms with Crippen molar-refractivity contribution < 1.29 is 9.50 Å². The molecule has 0 aromatic heterocycles. The van der Waals surface area contributed by atoms with Gasteiger partial charge >= 0.3 is 0 Å². The Morgan fingerprint density at radius 3 is 2.43 bits per heavy atom. The Kier molecular flexibility index (Phi) is 3.93. The number of aliphatic hydroxyl groups is 1. The van der Waals surface area contributed by atoms with Crippen molar-refractivity contribution in [2.24, 2.45) is 0 Å². The van der Waals surface area contributed by atoms with Crippen LogP contribution in [0, 0.1) is 0 Å². The first-order valence-electron chi connectivity index (χ1n) is 2.16. The quantitative estimate of drug-likeness (QED) is 0.506. The highest BCUT2D eigenvalue weighted by atomic mass is 19.1. The minimum atomic E-state index is -0.486. The van der Waals surface area contributed by atoms with E-state index >= 15 is 0 Å². The van der Waals surface area contributed by atoms with E-state index in [0.29, 0.717) is 6.54 Å². The summed E-state index contributed by atoms with van der Waals surface area (Å²) in [6.45, 7) is -0.0442. The van der Waals surface area contributed by atoms with Crippen molar-refractivity contribution in [2.75, 3.05) is 27.0 Å². The van der Waals surface area contributed by atoms with Gasteiger partial charge in [0, 0.05) is 6.54 Å². The molecule has 0 amide bonds. The molecule has 0 saturated carbocycles. The largest absolute Gasteiger partial charge is 0.395 e. The molecule has 3 heteroatoms. The van der Waals surface area contributed by atoms with Gasteiger partial charge in [0.1, 0.15) is 6.80 Å². The second kappa shape index (κ2) is 4.02. The maximum atomic E-state index is 11.4. The Morgan fingerprint density at radius 1 is 1.71 bits per heavy atom. The van der Waals surface area contributed by atoms with E-state index in [1.165, 1.54) is 4.90 Å². The molecule has 0 aliphatic rings. The number of likely N-dealkylation sites (N-methyl/N-ethyl adjacent to an activating group) is 1. The van der Waals surface area contributed by atoms with E-state index < -0.39 is 6.80 Å². The summed E-state index contributed by atoms with van der Waals surface area (Å²) in [4.78, 5) is 1.39. The van der Waals surface area contributed by atoms with E-state index in [2.05, 4.69) is 0 Å². The zero-order valence-corrected chi connectivity index (χ0v) is 4.39. The standard InChI is InChI=1S/C4H10FNO/c1-6(4-5)2-3-7/h7H,2-4H2,1H3. The van der Waals surface area contributed by atoms with Crippen molar-refractivity contribution in [3.8, 4) is 0 Å². The lowest BCUT2D eigenvalue weighted by Crippen LogP contribution is -2.20. The summed E-state index contributed by atoms with van der Waals surface area (Å²) in [6.07, 6.45) is 0. The first-order chi connectivity index (χ1) is 3.31. The third-order valence-corrected chi connectivity index (χ3v) is 0.686. The predicted molar refractivity (Wildman–Crippen MR) is 25.7 cm³/mol. The van der Waals surface area contributed by atoms with Crippen molar-refractivity contribution in [1.82, 2.24) is 4.90 Å². The maximum absolute atomic E-state index is 11.4. The molecular weight excluding hydrogens is 97.0 g/mol. The van der Waals surface area contributed by atoms with Crippen molar-refractivity contribution in [1.29, 1.82) is 0 Å². The minimum Gasteiger partial charge on any atom is -0.395 e. The fourth-order valence-corrected chi connectivity index (χ4v) is 0.230. The monoisotopic (exact) mass is 107 g/mol. The topological polar surface area (TPSA) is 23.5 Å². The van der Waals surface area contributed by atoms with Crippen LogP contribution in [0.2, 0.25) is 0 Å². The second-order valence-electron chi connectivity index (χ2n) is 1.42. The average Bonchev–Trinajstić information content (AvgIpc) is 1.68. The molecule has 0 rings (SSSR count). The van der Waals surface area contributed by atoms with Crippen LogP contribution in [0.25, 0.3) is 0 Å². The molecule has 0 atom stereocenters. The van der Waals surface area contributed by atoms with E-state index in [1.807, 2.05) is 0 Å². The smallest absolute Gasteiger partial charge is 0.142 e. The Balaban J connectivity index is 2.83. The molecule has 7 heavy (non-hydrogen) atoms. The van der Waals surface area contributed by atoms with Gasteiger partial charge in [-0.1, -0.05) is 0 Å². The lowest BCUT2D eigenvalue weighted by molar-refractivity contribution is 0.174. The minimum absolute atomic E-state index is 0.0282. The maximum Gasteiger partial charge on any atom is 0.142 e. The Labute approximate surface area is 42.6 Å². The number of nitrogens with zero attached hydrogens (tertiary/aromatic N) is 1. The van der Waals surface area contributed by atoms with Gasteiger partial charge in [-0.3, -0.25) is 4.90 Å². The SMILES string of the molecule is CN(CF)CCO. The van der Waals surface area contributed by atoms with E-state index in [1.54, 1.807) is 7.05 Å². The predicted octanol–water partition coefficient (Wildman–Crippen LogP) is -0.163. The molecule has 0 fully saturated rings. The molecule has 0 unspecified atom stereocenters. The molecule has 0 bridgehead atoms. The van der Waals surface area contributed by atoms with Crippen molar-refractivity contribution in [2.45, 2.75) is 0 Å². The van der Waals surface area contributed by atoms with Gasteiger partial charge in [-0.25, -0.2) is 4.39 Å². The number of hydrogen-bond donors (Lipinski definition) is 1. The van der Waals surface area contributed by atoms with Gasteiger partial charge in [-0.15, -0.1) is 0 Å². The Bertz CT molecular complexity index is 42.7. The second-order valence-corrected chi connectivity index (χ2v) is 1.42. The van der Waals surface area contributed by atoms with Crippen LogP contribution in [0.1, 0.15) is 0 Å². The Morgan fingerprint density at radius 2 is 2.29 bits per heavy atom. The third kappa shape index (κ3) is 3.69. The van der Waals surface area contributed by atoms with Gasteiger partial charge in [0.15, 0.2) is 0 Å². The lowest BCUT2D eigenvalue weighted by atomic mass is 10.6. The summed E-state index contributed by atoms with van der Waals surface area (Å²) in [6, 6.07) is 0. The van der Waals surface area contributed by atoms with Gasteiger partial charge in [0.05, 0.1) is 6.61 Å². The van der Waals surface area contributed by atoms with Gasteiger partial charge in [0.25, 0.3) is 0 Å². The van der Waals surface area contributed by atoms with Crippen LogP contribution < -0.4 is 0 Å². The summed E-state index contributed by atoms with van der Waals surface area (Å²) >= 11 is 0. The third-order valence-electron chi connectivity index (χ3n) is 0.686. The van der Waals surface area contributed by atoms with Crippen LogP contribution in [0.15, 0.2) is 0 Å². The number of rotatable bonds is 3. The summed E-state index contributed by atoms with van der Waals surface area (Å²) < 4.78 is 11.4. The summed E-state index contributed by atoms with van der Waals surface area (Å²) in [5, 5.41) is 8.16. The summed E-state index contributed by atoms with van der Waals surface area (Å²) in [5.41, 5.74) is 0. The summed E-state index contributed by atoms with van der Waals surface area (Å²) in [7, 11) is 1.61. The van der Waals surface area contributed by atoms with Crippen LogP contribution in [0.5, 0.6) is 0 Å². The molecule has 0 aliphatic heterocycles. The molecule has 0 saturated heterocycles. The van der Waals surface area contributed by atoms with Crippen molar-refractivity contribution in [3.05, 3.63) is 0 Å². The molecule has 0 spiro atoms. The fourth-order valence-electron chi connectivity index (χ4n) is 0.230. The number of aliphatic hydroxyl groups excluding tert-OH is 1. The summed E-state index contributed by atoms with van der Waals surface area (Å²) in [5.74, 6) is 0. The zero-order valence-electron chi connectivity index (χ0n) is 4.39. The van der Waals surface area contributed by atoms with E-state index in [-0.39, 0.29) is 6.61 Å². The highest BCUT2D eigenvalue weighted by Crippen LogP contribution is 1.77. The fraction of sp³-hybridized carbons (Fsp3) is 1.00. The van der Waals surface area contributed by atoms with Crippen LogP contribution in [0.4, 0.5) is 4.39 Å². The molecule has 0 aliphatic carbocycles. The van der Waals surface area contributed by atoms with Crippen LogP contribution in [-0.2, 0) is 0 Å². The van der Waals surface area contributed by atoms with Crippen LogP contribution in [0.3, 0.4) is 0 Å². The number of alkyl halides is 1. The van der Waals surface area contributed by atoms with Gasteiger partial charge < -0.3 is 5.11 Å². The van der Waals surface area contributed by atoms with Crippen LogP contribution >= 0.6 is 0 Å². The lowest BCUT2D eigenvalue weighted by Gasteiger charge is -2.06. The molecule has 0 radical (unpaired) electrons. The molecule has 0 aromatic carbocycles. The van der Waals surface area contributed by atoms with E-state index in [0.717, 1.165) is 0 Å². The highest BCUT2D eigenvalue weighted by Gasteiger charge is 1.90. The van der Waals surface area contributed by atoms with E-state index in [4.69, 9.17) is 5.11 Å². The highest BCUT2D eigenvalue weighted by molar-refractivity contribution is 4.37. The molecule has 0 heterocycles. The van der Waals surface area contributed by atoms with E-state index in [9.17, 15) is 4.39 Å². The molecule has 1 N–H and O–H groups in total. The molecule has 44 valence electrons. The molecule has 0 aromatic rings. The number of hydrogen-bond acceptors (Lipinski definition) is 2. The normalized spacial score (nSPS) is 10.3.